The number of methoxy groups -OCH3 is 1. The fourth-order valence-electron chi connectivity index (χ4n) is 2.66. The number of rotatable bonds is 5. The van der Waals surface area contributed by atoms with E-state index < -0.39 is 0 Å². The van der Waals surface area contributed by atoms with Crippen LogP contribution in [0.1, 0.15) is 37.8 Å². The molecule has 1 N–H and O–H groups in total. The molecule has 0 bridgehead atoms. The van der Waals surface area contributed by atoms with Crippen LogP contribution in [0.3, 0.4) is 0 Å². The van der Waals surface area contributed by atoms with Crippen molar-refractivity contribution in [3.63, 3.8) is 0 Å². The lowest BCUT2D eigenvalue weighted by Gasteiger charge is -2.47. The second kappa shape index (κ2) is 5.79. The molecule has 0 radical (unpaired) electrons. The SMILES string of the molecule is CCNC(c1cc(Cl)ccc1Cl)C1(OC)CCC1. The Morgan fingerprint density at radius 1 is 1.39 bits per heavy atom. The zero-order chi connectivity index (χ0) is 13.2. The van der Waals surface area contributed by atoms with Crippen molar-refractivity contribution in [3.8, 4) is 0 Å². The molecule has 1 aromatic carbocycles. The van der Waals surface area contributed by atoms with E-state index in [1.54, 1.807) is 7.11 Å². The third kappa shape index (κ3) is 2.53. The van der Waals surface area contributed by atoms with Gasteiger partial charge in [0.2, 0.25) is 0 Å². The quantitative estimate of drug-likeness (QED) is 0.876. The summed E-state index contributed by atoms with van der Waals surface area (Å²) in [6.45, 7) is 2.96. The van der Waals surface area contributed by atoms with Crippen LogP contribution in [-0.4, -0.2) is 19.3 Å². The van der Waals surface area contributed by atoms with Crippen LogP contribution in [0.4, 0.5) is 0 Å². The predicted molar refractivity (Wildman–Crippen MR) is 76.5 cm³/mol. The minimum atomic E-state index is -0.135. The largest absolute Gasteiger partial charge is 0.376 e. The first-order chi connectivity index (χ1) is 8.63. The van der Waals surface area contributed by atoms with Gasteiger partial charge in [-0.15, -0.1) is 0 Å². The molecule has 0 saturated heterocycles. The minimum Gasteiger partial charge on any atom is -0.376 e. The Morgan fingerprint density at radius 2 is 2.11 bits per heavy atom. The van der Waals surface area contributed by atoms with Crippen LogP contribution in [0, 0.1) is 0 Å². The van der Waals surface area contributed by atoms with Crippen LogP contribution in [0.2, 0.25) is 10.0 Å². The summed E-state index contributed by atoms with van der Waals surface area (Å²) >= 11 is 12.4. The van der Waals surface area contributed by atoms with Crippen molar-refractivity contribution in [1.82, 2.24) is 5.32 Å². The molecule has 0 aliphatic heterocycles. The van der Waals surface area contributed by atoms with Gasteiger partial charge in [-0.05, 0) is 49.6 Å². The Balaban J connectivity index is 2.37. The van der Waals surface area contributed by atoms with Gasteiger partial charge in [0.05, 0.1) is 11.6 Å². The number of nitrogens with one attached hydrogen (secondary N) is 1. The number of ether oxygens (including phenoxy) is 1. The highest BCUT2D eigenvalue weighted by molar-refractivity contribution is 6.33. The molecule has 0 heterocycles. The lowest BCUT2D eigenvalue weighted by molar-refractivity contribution is -0.0994. The van der Waals surface area contributed by atoms with Crippen LogP contribution in [0.15, 0.2) is 18.2 Å². The maximum atomic E-state index is 6.32. The van der Waals surface area contributed by atoms with Gasteiger partial charge >= 0.3 is 0 Å². The van der Waals surface area contributed by atoms with Crippen LogP contribution in [0.5, 0.6) is 0 Å². The molecule has 1 aliphatic carbocycles. The number of benzene rings is 1. The van der Waals surface area contributed by atoms with E-state index in [2.05, 4.69) is 12.2 Å². The van der Waals surface area contributed by atoms with E-state index in [0.29, 0.717) is 5.02 Å². The zero-order valence-electron chi connectivity index (χ0n) is 10.8. The molecule has 100 valence electrons. The topological polar surface area (TPSA) is 21.3 Å². The van der Waals surface area contributed by atoms with E-state index in [1.807, 2.05) is 18.2 Å². The molecule has 2 nitrogen and oxygen atoms in total. The predicted octanol–water partition coefficient (Wildman–Crippen LogP) is 4.21. The van der Waals surface area contributed by atoms with Crippen LogP contribution in [-0.2, 0) is 4.74 Å². The summed E-state index contributed by atoms with van der Waals surface area (Å²) in [4.78, 5) is 0. The van der Waals surface area contributed by atoms with Gasteiger partial charge in [0.15, 0.2) is 0 Å². The molecular weight excluding hydrogens is 269 g/mol. The fourth-order valence-corrected chi connectivity index (χ4v) is 3.06. The maximum absolute atomic E-state index is 6.32. The second-order valence-corrected chi connectivity index (χ2v) is 5.62. The molecule has 1 saturated carbocycles. The third-order valence-corrected chi connectivity index (χ3v) is 4.39. The Kier molecular flexibility index (Phi) is 4.54. The van der Waals surface area contributed by atoms with Gasteiger partial charge in [-0.25, -0.2) is 0 Å². The first-order valence-corrected chi connectivity index (χ1v) is 7.12. The van der Waals surface area contributed by atoms with E-state index in [0.717, 1.165) is 30.0 Å². The van der Waals surface area contributed by atoms with Crippen molar-refractivity contribution >= 4 is 23.2 Å². The summed E-state index contributed by atoms with van der Waals surface area (Å²) in [5, 5.41) is 4.95. The highest BCUT2D eigenvalue weighted by atomic mass is 35.5. The van der Waals surface area contributed by atoms with E-state index in [1.165, 1.54) is 6.42 Å². The molecule has 18 heavy (non-hydrogen) atoms. The van der Waals surface area contributed by atoms with Gasteiger partial charge < -0.3 is 10.1 Å². The maximum Gasteiger partial charge on any atom is 0.0873 e. The number of hydrogen-bond acceptors (Lipinski definition) is 2. The number of likely N-dealkylation sites (N-methyl/N-ethyl adjacent to an activating group) is 1. The first-order valence-electron chi connectivity index (χ1n) is 6.36. The van der Waals surface area contributed by atoms with Crippen molar-refractivity contribution in [3.05, 3.63) is 33.8 Å². The van der Waals surface area contributed by atoms with Gasteiger partial charge in [-0.2, -0.15) is 0 Å². The summed E-state index contributed by atoms with van der Waals surface area (Å²) in [5.74, 6) is 0. The summed E-state index contributed by atoms with van der Waals surface area (Å²) in [5.41, 5.74) is 0.900. The monoisotopic (exact) mass is 287 g/mol. The smallest absolute Gasteiger partial charge is 0.0873 e. The average molecular weight is 288 g/mol. The lowest BCUT2D eigenvalue weighted by atomic mass is 9.72. The Bertz CT molecular complexity index is 413. The highest BCUT2D eigenvalue weighted by Gasteiger charge is 2.45. The minimum absolute atomic E-state index is 0.104. The standard InChI is InChI=1S/C14H19Cl2NO/c1-3-17-13(14(18-2)7-4-8-14)11-9-10(15)5-6-12(11)16/h5-6,9,13,17H,3-4,7-8H2,1-2H3. The molecular formula is C14H19Cl2NO. The van der Waals surface area contributed by atoms with Crippen molar-refractivity contribution < 1.29 is 4.74 Å². The normalized spacial score (nSPS) is 19.3. The molecule has 0 amide bonds. The van der Waals surface area contributed by atoms with Crippen LogP contribution in [0.25, 0.3) is 0 Å². The van der Waals surface area contributed by atoms with Gasteiger partial charge in [0.25, 0.3) is 0 Å². The van der Waals surface area contributed by atoms with Crippen molar-refractivity contribution in [2.24, 2.45) is 0 Å². The van der Waals surface area contributed by atoms with Crippen molar-refractivity contribution in [2.45, 2.75) is 37.8 Å². The molecule has 0 spiro atoms. The molecule has 1 unspecified atom stereocenters. The molecule has 2 rings (SSSR count). The van der Waals surface area contributed by atoms with E-state index in [-0.39, 0.29) is 11.6 Å². The highest BCUT2D eigenvalue weighted by Crippen LogP contribution is 2.46. The Labute approximate surface area is 119 Å². The molecule has 0 aromatic heterocycles. The van der Waals surface area contributed by atoms with Gasteiger partial charge in [0, 0.05) is 17.2 Å². The van der Waals surface area contributed by atoms with Gasteiger partial charge in [0.1, 0.15) is 0 Å². The summed E-state index contributed by atoms with van der Waals surface area (Å²) in [6.07, 6.45) is 3.32. The zero-order valence-corrected chi connectivity index (χ0v) is 12.3. The van der Waals surface area contributed by atoms with E-state index in [9.17, 15) is 0 Å². The van der Waals surface area contributed by atoms with E-state index in [4.69, 9.17) is 27.9 Å². The van der Waals surface area contributed by atoms with Crippen LogP contribution < -0.4 is 5.32 Å². The van der Waals surface area contributed by atoms with E-state index >= 15 is 0 Å². The van der Waals surface area contributed by atoms with Crippen LogP contribution >= 0.6 is 23.2 Å². The first kappa shape index (κ1) is 14.1. The number of hydrogen-bond donors (Lipinski definition) is 1. The lowest BCUT2D eigenvalue weighted by Crippen LogP contribution is -2.50. The molecule has 4 heteroatoms. The molecule has 1 aromatic rings. The van der Waals surface area contributed by atoms with Crippen molar-refractivity contribution in [1.29, 1.82) is 0 Å². The van der Waals surface area contributed by atoms with Gasteiger partial charge in [-0.3, -0.25) is 0 Å². The summed E-state index contributed by atoms with van der Waals surface area (Å²) in [7, 11) is 1.78. The third-order valence-electron chi connectivity index (χ3n) is 3.81. The number of halogens is 2. The molecule has 1 aliphatic rings. The average Bonchev–Trinajstić information content (AvgIpc) is 2.31. The van der Waals surface area contributed by atoms with Crippen molar-refractivity contribution in [2.75, 3.05) is 13.7 Å². The van der Waals surface area contributed by atoms with Gasteiger partial charge in [-0.1, -0.05) is 30.1 Å². The summed E-state index contributed by atoms with van der Waals surface area (Å²) in [6, 6.07) is 5.71. The molecule has 1 fully saturated rings. The molecule has 1 atom stereocenters. The fraction of sp³-hybridized carbons (Fsp3) is 0.571. The Morgan fingerprint density at radius 3 is 2.61 bits per heavy atom. The Hall–Kier alpha value is -0.280. The summed E-state index contributed by atoms with van der Waals surface area (Å²) < 4.78 is 5.77. The second-order valence-electron chi connectivity index (χ2n) is 4.78.